The molecule has 2 aromatic rings. The molecule has 2 heterocycles. The van der Waals surface area contributed by atoms with Crippen molar-refractivity contribution in [3.8, 4) is 11.3 Å². The number of hydrogen-bond donors (Lipinski definition) is 2. The summed E-state index contributed by atoms with van der Waals surface area (Å²) in [5.41, 5.74) is 1.56. The average molecular weight is 377 g/mol. The molecule has 138 valence electrons. The molecule has 0 bridgehead atoms. The van der Waals surface area contributed by atoms with Crippen LogP contribution in [0.1, 0.15) is 23.8 Å². The molecule has 1 saturated heterocycles. The molecule has 1 aliphatic heterocycles. The smallest absolute Gasteiger partial charge is 0.357 e. The molecule has 8 nitrogen and oxygen atoms in total. The number of amides is 1. The summed E-state index contributed by atoms with van der Waals surface area (Å²) < 4.78 is 28.0. The number of H-pyrrole nitrogens is 1. The first-order chi connectivity index (χ1) is 12.3. The first-order valence-corrected chi connectivity index (χ1v) is 9.99. The van der Waals surface area contributed by atoms with Gasteiger partial charge >= 0.3 is 5.97 Å². The Morgan fingerprint density at radius 1 is 1.31 bits per heavy atom. The van der Waals surface area contributed by atoms with Crippen LogP contribution in [0.2, 0.25) is 0 Å². The highest BCUT2D eigenvalue weighted by atomic mass is 32.2. The highest BCUT2D eigenvalue weighted by Crippen LogP contribution is 2.17. The highest BCUT2D eigenvalue weighted by molar-refractivity contribution is 7.91. The Labute approximate surface area is 150 Å². The van der Waals surface area contributed by atoms with Gasteiger partial charge in [0, 0.05) is 11.6 Å². The second-order valence-electron chi connectivity index (χ2n) is 6.19. The van der Waals surface area contributed by atoms with E-state index in [0.29, 0.717) is 12.1 Å². The predicted molar refractivity (Wildman–Crippen MR) is 94.1 cm³/mol. The molecule has 2 atom stereocenters. The van der Waals surface area contributed by atoms with Crippen LogP contribution in [0, 0.1) is 0 Å². The lowest BCUT2D eigenvalue weighted by atomic mass is 10.1. The minimum atomic E-state index is -3.09. The van der Waals surface area contributed by atoms with Crippen molar-refractivity contribution in [1.29, 1.82) is 0 Å². The summed E-state index contributed by atoms with van der Waals surface area (Å²) in [5.74, 6) is -1.26. The number of nitrogens with zero attached hydrogens (tertiary/aromatic N) is 1. The van der Waals surface area contributed by atoms with Crippen LogP contribution in [0.25, 0.3) is 11.3 Å². The Hall–Kier alpha value is -2.68. The normalized spacial score (nSPS) is 19.7. The first kappa shape index (κ1) is 18.1. The summed E-state index contributed by atoms with van der Waals surface area (Å²) >= 11 is 0. The number of carbonyl (C=O) groups excluding carboxylic acids is 2. The molecule has 3 rings (SSSR count). The Balaban J connectivity index is 1.57. The Bertz CT molecular complexity index is 907. The number of sulfone groups is 1. The molecule has 1 amide bonds. The SMILES string of the molecule is C[C@H](OC(=O)c1cc(-c2ccccc2)n[nH]1)C(=O)N[C@H]1CCS(=O)(=O)C1. The zero-order chi connectivity index (χ0) is 18.7. The van der Waals surface area contributed by atoms with E-state index in [0.717, 1.165) is 5.56 Å². The number of benzene rings is 1. The zero-order valence-electron chi connectivity index (χ0n) is 14.1. The largest absolute Gasteiger partial charge is 0.448 e. The number of aromatic amines is 1. The lowest BCUT2D eigenvalue weighted by Gasteiger charge is -2.16. The van der Waals surface area contributed by atoms with Crippen molar-refractivity contribution in [3.05, 3.63) is 42.1 Å². The third-order valence-corrected chi connectivity index (χ3v) is 5.87. The minimum Gasteiger partial charge on any atom is -0.448 e. The van der Waals surface area contributed by atoms with Gasteiger partial charge in [-0.15, -0.1) is 0 Å². The van der Waals surface area contributed by atoms with Crippen LogP contribution in [0.5, 0.6) is 0 Å². The van der Waals surface area contributed by atoms with Crippen LogP contribution in [0.3, 0.4) is 0 Å². The van der Waals surface area contributed by atoms with Crippen molar-refractivity contribution in [3.63, 3.8) is 0 Å². The monoisotopic (exact) mass is 377 g/mol. The number of aromatic nitrogens is 2. The molecule has 1 aromatic heterocycles. The first-order valence-electron chi connectivity index (χ1n) is 8.17. The van der Waals surface area contributed by atoms with E-state index in [-0.39, 0.29) is 17.2 Å². The van der Waals surface area contributed by atoms with Crippen molar-refractivity contribution in [2.24, 2.45) is 0 Å². The van der Waals surface area contributed by atoms with Crippen LogP contribution < -0.4 is 5.32 Å². The van der Waals surface area contributed by atoms with Gasteiger partial charge in [0.25, 0.3) is 5.91 Å². The van der Waals surface area contributed by atoms with E-state index in [2.05, 4.69) is 15.5 Å². The summed E-state index contributed by atoms with van der Waals surface area (Å²) in [5, 5.41) is 9.26. The lowest BCUT2D eigenvalue weighted by Crippen LogP contribution is -2.42. The van der Waals surface area contributed by atoms with Gasteiger partial charge in [-0.2, -0.15) is 5.10 Å². The summed E-state index contributed by atoms with van der Waals surface area (Å²) in [4.78, 5) is 24.3. The van der Waals surface area contributed by atoms with Crippen molar-refractivity contribution in [2.45, 2.75) is 25.5 Å². The van der Waals surface area contributed by atoms with E-state index in [9.17, 15) is 18.0 Å². The van der Waals surface area contributed by atoms with Gasteiger partial charge in [-0.3, -0.25) is 9.89 Å². The summed E-state index contributed by atoms with van der Waals surface area (Å²) in [6.07, 6.45) is -0.676. The lowest BCUT2D eigenvalue weighted by molar-refractivity contribution is -0.129. The van der Waals surface area contributed by atoms with Crippen LogP contribution in [-0.4, -0.2) is 54.1 Å². The summed E-state index contributed by atoms with van der Waals surface area (Å²) in [7, 11) is -3.09. The van der Waals surface area contributed by atoms with Gasteiger partial charge in [0.1, 0.15) is 5.69 Å². The molecule has 0 saturated carbocycles. The van der Waals surface area contributed by atoms with Gasteiger partial charge < -0.3 is 10.1 Å². The van der Waals surface area contributed by atoms with E-state index >= 15 is 0 Å². The topological polar surface area (TPSA) is 118 Å². The number of carbonyl (C=O) groups is 2. The molecule has 1 aromatic carbocycles. The van der Waals surface area contributed by atoms with Gasteiger partial charge in [-0.05, 0) is 19.4 Å². The quantitative estimate of drug-likeness (QED) is 0.748. The fraction of sp³-hybridized carbons (Fsp3) is 0.353. The van der Waals surface area contributed by atoms with E-state index in [1.165, 1.54) is 6.92 Å². The molecule has 1 fully saturated rings. The maximum absolute atomic E-state index is 12.2. The van der Waals surface area contributed by atoms with Crippen molar-refractivity contribution < 1.29 is 22.7 Å². The summed E-state index contributed by atoms with van der Waals surface area (Å²) in [6, 6.07) is 10.4. The molecule has 0 aliphatic carbocycles. The van der Waals surface area contributed by atoms with E-state index < -0.39 is 33.9 Å². The number of esters is 1. The molecule has 26 heavy (non-hydrogen) atoms. The second-order valence-corrected chi connectivity index (χ2v) is 8.42. The van der Waals surface area contributed by atoms with Gasteiger partial charge in [0.05, 0.1) is 17.2 Å². The van der Waals surface area contributed by atoms with Crippen LogP contribution in [0.15, 0.2) is 36.4 Å². The van der Waals surface area contributed by atoms with Gasteiger partial charge in [-0.1, -0.05) is 30.3 Å². The fourth-order valence-corrected chi connectivity index (χ4v) is 4.36. The highest BCUT2D eigenvalue weighted by Gasteiger charge is 2.31. The molecular weight excluding hydrogens is 358 g/mol. The van der Waals surface area contributed by atoms with Crippen molar-refractivity contribution in [2.75, 3.05) is 11.5 Å². The number of rotatable bonds is 5. The average Bonchev–Trinajstić information content (AvgIpc) is 3.22. The Kier molecular flexibility index (Phi) is 5.08. The van der Waals surface area contributed by atoms with E-state index in [1.54, 1.807) is 6.07 Å². The third kappa shape index (κ3) is 4.29. The molecule has 1 aliphatic rings. The van der Waals surface area contributed by atoms with Gasteiger partial charge in [0.2, 0.25) is 0 Å². The predicted octanol–water partition coefficient (Wildman–Crippen LogP) is 0.925. The van der Waals surface area contributed by atoms with E-state index in [1.807, 2.05) is 30.3 Å². The van der Waals surface area contributed by atoms with Gasteiger partial charge in [-0.25, -0.2) is 13.2 Å². The van der Waals surface area contributed by atoms with Crippen molar-refractivity contribution >= 4 is 21.7 Å². The van der Waals surface area contributed by atoms with Crippen LogP contribution in [-0.2, 0) is 19.4 Å². The summed E-state index contributed by atoms with van der Waals surface area (Å²) in [6.45, 7) is 1.44. The molecule has 9 heteroatoms. The zero-order valence-corrected chi connectivity index (χ0v) is 15.0. The van der Waals surface area contributed by atoms with Crippen LogP contribution in [0.4, 0.5) is 0 Å². The third-order valence-electron chi connectivity index (χ3n) is 4.10. The van der Waals surface area contributed by atoms with E-state index in [4.69, 9.17) is 4.74 Å². The second kappa shape index (κ2) is 7.28. The maximum Gasteiger partial charge on any atom is 0.357 e. The molecule has 0 unspecified atom stereocenters. The van der Waals surface area contributed by atoms with Crippen molar-refractivity contribution in [1.82, 2.24) is 15.5 Å². The Morgan fingerprint density at radius 2 is 2.04 bits per heavy atom. The number of nitrogens with one attached hydrogen (secondary N) is 2. The molecule has 0 spiro atoms. The molecular formula is C17H19N3O5S. The fourth-order valence-electron chi connectivity index (χ4n) is 2.69. The Morgan fingerprint density at radius 3 is 2.69 bits per heavy atom. The number of hydrogen-bond acceptors (Lipinski definition) is 6. The molecule has 2 N–H and O–H groups in total. The molecule has 0 radical (unpaired) electrons. The standard InChI is InChI=1S/C17H19N3O5S/c1-11(16(21)18-13-7-8-26(23,24)10-13)25-17(22)15-9-14(19-20-15)12-5-3-2-4-6-12/h2-6,9,11,13H,7-8,10H2,1H3,(H,18,21)(H,19,20)/t11-,13-/m0/s1. The van der Waals surface area contributed by atoms with Crippen LogP contribution >= 0.6 is 0 Å². The maximum atomic E-state index is 12.2. The van der Waals surface area contributed by atoms with Gasteiger partial charge in [0.15, 0.2) is 15.9 Å². The minimum absolute atomic E-state index is 0.0581. The number of ether oxygens (including phenoxy) is 1.